The molecule has 1 aromatic carbocycles. The summed E-state index contributed by atoms with van der Waals surface area (Å²) in [6.07, 6.45) is 2.41. The van der Waals surface area contributed by atoms with Gasteiger partial charge >= 0.3 is 0 Å². The molecule has 0 unspecified atom stereocenters. The average Bonchev–Trinajstić information content (AvgIpc) is 2.90. The zero-order valence-corrected chi connectivity index (χ0v) is 13.2. The van der Waals surface area contributed by atoms with Gasteiger partial charge in [0.1, 0.15) is 5.56 Å². The molecular formula is C16H11F2N3O2S. The van der Waals surface area contributed by atoms with Crippen molar-refractivity contribution in [2.45, 2.75) is 6.92 Å². The molecule has 0 aliphatic rings. The summed E-state index contributed by atoms with van der Waals surface area (Å²) in [7, 11) is 0. The van der Waals surface area contributed by atoms with Crippen molar-refractivity contribution in [1.82, 2.24) is 4.98 Å². The molecule has 24 heavy (non-hydrogen) atoms. The first-order valence-electron chi connectivity index (χ1n) is 6.87. The number of nitrogens with one attached hydrogen (secondary N) is 1. The number of thiazole rings is 1. The van der Waals surface area contributed by atoms with E-state index in [0.29, 0.717) is 21.1 Å². The predicted octanol–water partition coefficient (Wildman–Crippen LogP) is 3.28. The highest BCUT2D eigenvalue weighted by Crippen LogP contribution is 2.31. The molecular weight excluding hydrogens is 336 g/mol. The summed E-state index contributed by atoms with van der Waals surface area (Å²) in [5.41, 5.74) is 1.07. The van der Waals surface area contributed by atoms with E-state index in [9.17, 15) is 18.8 Å². The van der Waals surface area contributed by atoms with E-state index in [4.69, 9.17) is 0 Å². The van der Waals surface area contributed by atoms with Gasteiger partial charge in [-0.1, -0.05) is 0 Å². The first kappa shape index (κ1) is 16.0. The quantitative estimate of drug-likeness (QED) is 0.584. The normalized spacial score (nSPS) is 10.6. The molecule has 2 aromatic heterocycles. The summed E-state index contributed by atoms with van der Waals surface area (Å²) in [6.45, 7) is 1.76. The highest BCUT2D eigenvalue weighted by molar-refractivity contribution is 7.16. The molecule has 0 saturated heterocycles. The van der Waals surface area contributed by atoms with Gasteiger partial charge in [-0.25, -0.2) is 13.8 Å². The first-order chi connectivity index (χ1) is 11.4. The molecule has 0 bridgehead atoms. The standard InChI is InChI=1S/C16H11F2N3O2S/c1-9-14(10-4-5-12(17)13(18)7-10)19-16(24-9)20-15(22)11-3-2-6-21(23)8-11/h2-8H,1H3,(H,19,20,22). The number of benzene rings is 1. The second kappa shape index (κ2) is 6.32. The number of amides is 1. The Hall–Kier alpha value is -2.87. The molecule has 8 heteroatoms. The molecule has 1 amide bonds. The van der Waals surface area contributed by atoms with Gasteiger partial charge in [-0.05, 0) is 31.2 Å². The second-order valence-corrected chi connectivity index (χ2v) is 6.16. The monoisotopic (exact) mass is 347 g/mol. The first-order valence-corrected chi connectivity index (χ1v) is 7.69. The van der Waals surface area contributed by atoms with Crippen molar-refractivity contribution < 1.29 is 18.3 Å². The average molecular weight is 347 g/mol. The Labute approximate surface area is 139 Å². The van der Waals surface area contributed by atoms with Crippen LogP contribution in [-0.4, -0.2) is 10.9 Å². The molecule has 122 valence electrons. The molecule has 0 atom stereocenters. The van der Waals surface area contributed by atoms with Gasteiger partial charge in [-0.15, -0.1) is 11.3 Å². The fraction of sp³-hybridized carbons (Fsp3) is 0.0625. The lowest BCUT2D eigenvalue weighted by Gasteiger charge is -2.01. The van der Waals surface area contributed by atoms with Crippen LogP contribution in [0.3, 0.4) is 0 Å². The maximum absolute atomic E-state index is 13.4. The van der Waals surface area contributed by atoms with Crippen molar-refractivity contribution in [3.05, 3.63) is 70.0 Å². The Balaban J connectivity index is 1.86. The second-order valence-electron chi connectivity index (χ2n) is 4.96. The third-order valence-electron chi connectivity index (χ3n) is 3.25. The summed E-state index contributed by atoms with van der Waals surface area (Å²) in [6, 6.07) is 6.46. The lowest BCUT2D eigenvalue weighted by Crippen LogP contribution is -2.27. The van der Waals surface area contributed by atoms with Gasteiger partial charge < -0.3 is 5.21 Å². The van der Waals surface area contributed by atoms with Gasteiger partial charge in [-0.2, -0.15) is 4.73 Å². The summed E-state index contributed by atoms with van der Waals surface area (Å²) in [4.78, 5) is 17.1. The Morgan fingerprint density at radius 1 is 1.29 bits per heavy atom. The molecule has 2 heterocycles. The number of rotatable bonds is 3. The van der Waals surface area contributed by atoms with Gasteiger partial charge in [-0.3, -0.25) is 10.1 Å². The Bertz CT molecular complexity index is 927. The number of aryl methyl sites for hydroxylation is 1. The van der Waals surface area contributed by atoms with Crippen LogP contribution in [0, 0.1) is 23.8 Å². The van der Waals surface area contributed by atoms with Gasteiger partial charge in [0.2, 0.25) is 0 Å². The van der Waals surface area contributed by atoms with Crippen molar-refractivity contribution in [3.8, 4) is 11.3 Å². The lowest BCUT2D eigenvalue weighted by molar-refractivity contribution is -0.605. The number of hydrogen-bond donors (Lipinski definition) is 1. The van der Waals surface area contributed by atoms with Crippen LogP contribution in [0.5, 0.6) is 0 Å². The Kier molecular flexibility index (Phi) is 4.22. The smallest absolute Gasteiger partial charge is 0.263 e. The third-order valence-corrected chi connectivity index (χ3v) is 4.13. The van der Waals surface area contributed by atoms with Crippen LogP contribution in [0.2, 0.25) is 0 Å². The van der Waals surface area contributed by atoms with E-state index in [1.165, 1.54) is 35.7 Å². The number of aromatic nitrogens is 2. The molecule has 0 spiro atoms. The molecule has 0 fully saturated rings. The summed E-state index contributed by atoms with van der Waals surface area (Å²) >= 11 is 1.20. The SMILES string of the molecule is Cc1sc(NC(=O)c2ccc[n+]([O-])c2)nc1-c1ccc(F)c(F)c1. The van der Waals surface area contributed by atoms with E-state index in [1.807, 2.05) is 0 Å². The molecule has 0 aliphatic heterocycles. The number of anilines is 1. The van der Waals surface area contributed by atoms with Crippen LogP contribution in [0.1, 0.15) is 15.2 Å². The summed E-state index contributed by atoms with van der Waals surface area (Å²) < 4.78 is 26.9. The van der Waals surface area contributed by atoms with Crippen molar-refractivity contribution >= 4 is 22.4 Å². The van der Waals surface area contributed by atoms with E-state index in [0.717, 1.165) is 23.2 Å². The van der Waals surface area contributed by atoms with Gasteiger partial charge in [0.15, 0.2) is 29.2 Å². The number of halogens is 2. The largest absolute Gasteiger partial charge is 0.619 e. The highest BCUT2D eigenvalue weighted by Gasteiger charge is 2.15. The fourth-order valence-corrected chi connectivity index (χ4v) is 2.95. The zero-order chi connectivity index (χ0) is 17.3. The molecule has 1 N–H and O–H groups in total. The minimum absolute atomic E-state index is 0.190. The number of nitrogens with zero attached hydrogens (tertiary/aromatic N) is 2. The van der Waals surface area contributed by atoms with E-state index in [2.05, 4.69) is 10.3 Å². The minimum atomic E-state index is -0.963. The van der Waals surface area contributed by atoms with Crippen LogP contribution in [0.15, 0.2) is 42.7 Å². The zero-order valence-electron chi connectivity index (χ0n) is 12.4. The summed E-state index contributed by atoms with van der Waals surface area (Å²) in [5, 5.41) is 14.1. The minimum Gasteiger partial charge on any atom is -0.619 e. The molecule has 3 rings (SSSR count). The van der Waals surface area contributed by atoms with Gasteiger partial charge in [0.25, 0.3) is 5.91 Å². The van der Waals surface area contributed by atoms with E-state index in [1.54, 1.807) is 6.92 Å². The van der Waals surface area contributed by atoms with E-state index >= 15 is 0 Å². The maximum Gasteiger partial charge on any atom is 0.263 e. The highest BCUT2D eigenvalue weighted by atomic mass is 32.1. The number of carbonyl (C=O) groups is 1. The van der Waals surface area contributed by atoms with Crippen LogP contribution < -0.4 is 10.0 Å². The van der Waals surface area contributed by atoms with Crippen LogP contribution in [0.4, 0.5) is 13.9 Å². The molecule has 0 saturated carbocycles. The maximum atomic E-state index is 13.4. The fourth-order valence-electron chi connectivity index (χ4n) is 2.12. The van der Waals surface area contributed by atoms with Crippen LogP contribution in [0.25, 0.3) is 11.3 Å². The predicted molar refractivity (Wildman–Crippen MR) is 85.6 cm³/mol. The molecule has 0 aliphatic carbocycles. The van der Waals surface area contributed by atoms with Crippen LogP contribution in [-0.2, 0) is 0 Å². The molecule has 0 radical (unpaired) electrons. The topological polar surface area (TPSA) is 68.9 Å². The lowest BCUT2D eigenvalue weighted by atomic mass is 10.1. The van der Waals surface area contributed by atoms with Gasteiger partial charge in [0, 0.05) is 16.5 Å². The number of carbonyl (C=O) groups excluding carboxylic acids is 1. The Morgan fingerprint density at radius 3 is 2.79 bits per heavy atom. The van der Waals surface area contributed by atoms with Crippen molar-refractivity contribution in [1.29, 1.82) is 0 Å². The summed E-state index contributed by atoms with van der Waals surface area (Å²) in [5.74, 6) is -2.38. The molecule has 3 aromatic rings. The van der Waals surface area contributed by atoms with E-state index < -0.39 is 17.5 Å². The van der Waals surface area contributed by atoms with Crippen molar-refractivity contribution in [3.63, 3.8) is 0 Å². The number of pyridine rings is 1. The molecule has 5 nitrogen and oxygen atoms in total. The number of hydrogen-bond acceptors (Lipinski definition) is 4. The van der Waals surface area contributed by atoms with Crippen LogP contribution >= 0.6 is 11.3 Å². The Morgan fingerprint density at radius 2 is 2.08 bits per heavy atom. The van der Waals surface area contributed by atoms with Crippen molar-refractivity contribution in [2.24, 2.45) is 0 Å². The third kappa shape index (κ3) is 3.23. The van der Waals surface area contributed by atoms with Crippen molar-refractivity contribution in [2.75, 3.05) is 5.32 Å². The van der Waals surface area contributed by atoms with Gasteiger partial charge in [0.05, 0.1) is 5.69 Å². The van der Waals surface area contributed by atoms with E-state index in [-0.39, 0.29) is 5.56 Å².